The molecule has 1 atom stereocenters. The smallest absolute Gasteiger partial charge is 0.0546 e. The molecular formula is C17H34N2O. The van der Waals surface area contributed by atoms with E-state index in [0.717, 1.165) is 32.3 Å². The Labute approximate surface area is 125 Å². The van der Waals surface area contributed by atoms with Gasteiger partial charge in [0.25, 0.3) is 0 Å². The Bertz CT molecular complexity index is 258. The van der Waals surface area contributed by atoms with E-state index in [1.54, 1.807) is 0 Å². The highest BCUT2D eigenvalue weighted by atomic mass is 16.5. The van der Waals surface area contributed by atoms with Gasteiger partial charge in [0.15, 0.2) is 0 Å². The number of nitrogens with one attached hydrogen (secondary N) is 1. The van der Waals surface area contributed by atoms with Crippen molar-refractivity contribution in [3.8, 4) is 0 Å². The maximum atomic E-state index is 5.85. The lowest BCUT2D eigenvalue weighted by atomic mass is 9.80. The van der Waals surface area contributed by atoms with Crippen molar-refractivity contribution in [2.75, 3.05) is 39.4 Å². The molecule has 1 N–H and O–H groups in total. The van der Waals surface area contributed by atoms with Crippen molar-refractivity contribution in [3.63, 3.8) is 0 Å². The molecule has 3 nitrogen and oxygen atoms in total. The van der Waals surface area contributed by atoms with E-state index in [4.69, 9.17) is 4.74 Å². The van der Waals surface area contributed by atoms with E-state index in [-0.39, 0.29) is 0 Å². The Kier molecular flexibility index (Phi) is 6.79. The second-order valence-corrected chi connectivity index (χ2v) is 6.79. The summed E-state index contributed by atoms with van der Waals surface area (Å²) in [6, 6.07) is 0.828. The monoisotopic (exact) mass is 282 g/mol. The van der Waals surface area contributed by atoms with Crippen LogP contribution in [0.15, 0.2) is 0 Å². The molecule has 1 aliphatic carbocycles. The summed E-state index contributed by atoms with van der Waals surface area (Å²) in [5.74, 6) is 0. The van der Waals surface area contributed by atoms with Crippen LogP contribution >= 0.6 is 0 Å². The fraction of sp³-hybridized carbons (Fsp3) is 1.00. The fourth-order valence-corrected chi connectivity index (χ4v) is 4.00. The third-order valence-electron chi connectivity index (χ3n) is 5.19. The Morgan fingerprint density at radius 3 is 2.55 bits per heavy atom. The van der Waals surface area contributed by atoms with E-state index in [1.165, 1.54) is 58.0 Å². The van der Waals surface area contributed by atoms with E-state index >= 15 is 0 Å². The second-order valence-electron chi connectivity index (χ2n) is 6.79. The lowest BCUT2D eigenvalue weighted by molar-refractivity contribution is -0.0344. The summed E-state index contributed by atoms with van der Waals surface area (Å²) in [6.07, 6.45) is 9.67. The third-order valence-corrected chi connectivity index (χ3v) is 5.19. The third kappa shape index (κ3) is 4.44. The minimum atomic E-state index is 0.349. The zero-order chi connectivity index (χ0) is 14.3. The molecule has 0 aromatic rings. The predicted octanol–water partition coefficient (Wildman–Crippen LogP) is 3.05. The molecule has 1 heterocycles. The van der Waals surface area contributed by atoms with Gasteiger partial charge in [0.1, 0.15) is 0 Å². The van der Waals surface area contributed by atoms with Crippen molar-refractivity contribution in [1.82, 2.24) is 10.2 Å². The number of rotatable bonds is 7. The molecule has 20 heavy (non-hydrogen) atoms. The Morgan fingerprint density at radius 1 is 1.15 bits per heavy atom. The van der Waals surface area contributed by atoms with Crippen molar-refractivity contribution in [1.29, 1.82) is 0 Å². The van der Waals surface area contributed by atoms with Crippen LogP contribution in [0.4, 0.5) is 0 Å². The fourth-order valence-electron chi connectivity index (χ4n) is 4.00. The molecule has 2 aliphatic rings. The van der Waals surface area contributed by atoms with Crippen LogP contribution in [0.3, 0.4) is 0 Å². The molecule has 0 aromatic heterocycles. The average molecular weight is 282 g/mol. The van der Waals surface area contributed by atoms with Crippen LogP contribution in [-0.4, -0.2) is 50.3 Å². The molecule has 1 unspecified atom stereocenters. The number of nitrogens with zero attached hydrogens (tertiary/aromatic N) is 1. The lowest BCUT2D eigenvalue weighted by Crippen LogP contribution is -2.51. The molecule has 2 fully saturated rings. The van der Waals surface area contributed by atoms with Gasteiger partial charge in [0.2, 0.25) is 0 Å². The lowest BCUT2D eigenvalue weighted by Gasteiger charge is -2.44. The van der Waals surface area contributed by atoms with Crippen LogP contribution in [-0.2, 0) is 4.74 Å². The van der Waals surface area contributed by atoms with Gasteiger partial charge in [-0.2, -0.15) is 0 Å². The summed E-state index contributed by atoms with van der Waals surface area (Å²) in [7, 11) is 0. The van der Waals surface area contributed by atoms with Gasteiger partial charge in [-0.15, -0.1) is 0 Å². The van der Waals surface area contributed by atoms with E-state index in [2.05, 4.69) is 24.1 Å². The first-order chi connectivity index (χ1) is 9.79. The van der Waals surface area contributed by atoms with Gasteiger partial charge in [-0.25, -0.2) is 0 Å². The van der Waals surface area contributed by atoms with Crippen LogP contribution in [0.2, 0.25) is 0 Å². The number of hydrogen-bond acceptors (Lipinski definition) is 3. The quantitative estimate of drug-likeness (QED) is 0.777. The average Bonchev–Trinajstić information content (AvgIpc) is 2.53. The first-order valence-electron chi connectivity index (χ1n) is 8.82. The van der Waals surface area contributed by atoms with Gasteiger partial charge in [-0.05, 0) is 38.8 Å². The highest BCUT2D eigenvalue weighted by Gasteiger charge is 2.36. The maximum absolute atomic E-state index is 5.85. The first-order valence-corrected chi connectivity index (χ1v) is 8.82. The van der Waals surface area contributed by atoms with E-state index in [0.29, 0.717) is 5.41 Å². The Hall–Kier alpha value is -0.120. The van der Waals surface area contributed by atoms with Gasteiger partial charge in [0, 0.05) is 31.2 Å². The molecule has 0 amide bonds. The summed E-state index contributed by atoms with van der Waals surface area (Å²) >= 11 is 0. The molecule has 0 bridgehead atoms. The largest absolute Gasteiger partial charge is 0.381 e. The molecule has 1 saturated heterocycles. The molecule has 3 heteroatoms. The zero-order valence-electron chi connectivity index (χ0n) is 13.6. The van der Waals surface area contributed by atoms with Crippen LogP contribution in [0.25, 0.3) is 0 Å². The first kappa shape index (κ1) is 16.3. The second kappa shape index (κ2) is 8.35. The maximum Gasteiger partial charge on any atom is 0.0546 e. The van der Waals surface area contributed by atoms with Crippen molar-refractivity contribution < 1.29 is 4.74 Å². The van der Waals surface area contributed by atoms with Crippen molar-refractivity contribution in [2.45, 2.75) is 64.8 Å². The summed E-state index contributed by atoms with van der Waals surface area (Å²) in [5.41, 5.74) is 0.349. The Balaban J connectivity index is 1.96. The summed E-state index contributed by atoms with van der Waals surface area (Å²) in [5, 5.41) is 3.58. The summed E-state index contributed by atoms with van der Waals surface area (Å²) in [6.45, 7) is 11.0. The summed E-state index contributed by atoms with van der Waals surface area (Å²) < 4.78 is 5.85. The molecule has 2 rings (SSSR count). The standard InChI is InChI=1S/C17H34N2O/c1-3-18-13-17(11-8-12-20-15-17)14-19(4-2)16-9-6-5-7-10-16/h16,18H,3-15H2,1-2H3. The number of hydrogen-bond donors (Lipinski definition) is 1. The summed E-state index contributed by atoms with van der Waals surface area (Å²) in [4.78, 5) is 2.76. The molecule has 1 aliphatic heterocycles. The topological polar surface area (TPSA) is 24.5 Å². The van der Waals surface area contributed by atoms with Gasteiger partial charge in [-0.1, -0.05) is 33.1 Å². The van der Waals surface area contributed by atoms with Crippen LogP contribution in [0, 0.1) is 5.41 Å². The molecule has 0 aromatic carbocycles. The normalized spacial score (nSPS) is 28.9. The van der Waals surface area contributed by atoms with Crippen molar-refractivity contribution in [3.05, 3.63) is 0 Å². The number of ether oxygens (including phenoxy) is 1. The minimum Gasteiger partial charge on any atom is -0.381 e. The van der Waals surface area contributed by atoms with Crippen LogP contribution in [0.1, 0.15) is 58.8 Å². The van der Waals surface area contributed by atoms with E-state index < -0.39 is 0 Å². The van der Waals surface area contributed by atoms with Crippen LogP contribution in [0.5, 0.6) is 0 Å². The zero-order valence-corrected chi connectivity index (χ0v) is 13.6. The predicted molar refractivity (Wildman–Crippen MR) is 85.1 cm³/mol. The van der Waals surface area contributed by atoms with Gasteiger partial charge >= 0.3 is 0 Å². The van der Waals surface area contributed by atoms with E-state index in [9.17, 15) is 0 Å². The highest BCUT2D eigenvalue weighted by molar-refractivity contribution is 4.89. The van der Waals surface area contributed by atoms with Gasteiger partial charge in [-0.3, -0.25) is 4.90 Å². The Morgan fingerprint density at radius 2 is 1.95 bits per heavy atom. The molecule has 118 valence electrons. The molecule has 0 spiro atoms. The minimum absolute atomic E-state index is 0.349. The SMILES string of the molecule is CCNCC1(CN(CC)C2CCCCC2)CCCOC1. The highest BCUT2D eigenvalue weighted by Crippen LogP contribution is 2.32. The van der Waals surface area contributed by atoms with Crippen molar-refractivity contribution in [2.24, 2.45) is 5.41 Å². The molecule has 0 radical (unpaired) electrons. The van der Waals surface area contributed by atoms with Crippen molar-refractivity contribution >= 4 is 0 Å². The van der Waals surface area contributed by atoms with Gasteiger partial charge < -0.3 is 10.1 Å². The molecule has 1 saturated carbocycles. The molecular weight excluding hydrogens is 248 g/mol. The van der Waals surface area contributed by atoms with Gasteiger partial charge in [0.05, 0.1) is 6.61 Å². The van der Waals surface area contributed by atoms with Crippen LogP contribution < -0.4 is 5.32 Å². The van der Waals surface area contributed by atoms with E-state index in [1.807, 2.05) is 0 Å².